The van der Waals surface area contributed by atoms with Gasteiger partial charge in [-0.25, -0.2) is 9.59 Å². The lowest BCUT2D eigenvalue weighted by Crippen LogP contribution is -2.46. The SMILES string of the molecule is C=CCOCc1ccc(Cl)cc1C1COCCN1C(=O)OC(C)(C)C.CC(C)(C)OC(=O)N1CCOCC1c1cc(Cl)ccc1CO. The third kappa shape index (κ3) is 12.0. The molecule has 4 rings (SSSR count). The smallest absolute Gasteiger partial charge is 0.410 e. The molecular weight excluding hydrogens is 647 g/mol. The quantitative estimate of drug-likeness (QED) is 0.235. The molecule has 2 fully saturated rings. The Kier molecular flexibility index (Phi) is 14.4. The van der Waals surface area contributed by atoms with E-state index in [0.717, 1.165) is 22.3 Å². The van der Waals surface area contributed by atoms with Crippen molar-refractivity contribution < 1.29 is 38.4 Å². The van der Waals surface area contributed by atoms with Crippen LogP contribution in [0.15, 0.2) is 49.1 Å². The van der Waals surface area contributed by atoms with Crippen LogP contribution in [-0.2, 0) is 36.9 Å². The standard InChI is InChI=1S/C19H26ClNO4.C16H22ClNO4/c1-5-9-23-12-14-6-7-15(20)11-16(14)17-13-24-10-8-21(17)18(22)25-19(2,3)4;1-16(2,3)22-15(20)18-6-7-21-10-14(18)13-8-12(17)5-4-11(13)9-19/h5-7,11,17H,1,8-10,12-13H2,2-4H3;4-5,8,14,19H,6-7,9-10H2,1-3H3. The van der Waals surface area contributed by atoms with Gasteiger partial charge in [0.25, 0.3) is 0 Å². The molecule has 2 unspecified atom stereocenters. The summed E-state index contributed by atoms with van der Waals surface area (Å²) < 4.78 is 27.7. The molecule has 0 aliphatic carbocycles. The highest BCUT2D eigenvalue weighted by Crippen LogP contribution is 2.32. The van der Waals surface area contributed by atoms with E-state index in [2.05, 4.69) is 6.58 Å². The summed E-state index contributed by atoms with van der Waals surface area (Å²) in [4.78, 5) is 28.4. The zero-order valence-corrected chi connectivity index (χ0v) is 29.7. The lowest BCUT2D eigenvalue weighted by molar-refractivity contribution is -0.0338. The fraction of sp³-hybridized carbons (Fsp3) is 0.543. The maximum atomic E-state index is 12.6. The topological polar surface area (TPSA) is 107 Å². The summed E-state index contributed by atoms with van der Waals surface area (Å²) in [6.45, 7) is 18.1. The molecule has 2 atom stereocenters. The number of ether oxygens (including phenoxy) is 5. The number of nitrogens with zero attached hydrogens (tertiary/aromatic N) is 2. The molecular formula is C35H48Cl2N2O8. The number of carbonyl (C=O) groups excluding carboxylic acids is 2. The Morgan fingerprint density at radius 1 is 0.851 bits per heavy atom. The third-order valence-electron chi connectivity index (χ3n) is 7.11. The summed E-state index contributed by atoms with van der Waals surface area (Å²) in [5.41, 5.74) is 2.30. The summed E-state index contributed by atoms with van der Waals surface area (Å²) in [7, 11) is 0. The number of hydrogen-bond acceptors (Lipinski definition) is 8. The van der Waals surface area contributed by atoms with Crippen molar-refractivity contribution >= 4 is 35.4 Å². The fourth-order valence-corrected chi connectivity index (χ4v) is 5.44. The van der Waals surface area contributed by atoms with Gasteiger partial charge in [-0.15, -0.1) is 6.58 Å². The van der Waals surface area contributed by atoms with Crippen molar-refractivity contribution in [2.75, 3.05) is 46.1 Å². The molecule has 0 saturated carbocycles. The van der Waals surface area contributed by atoms with Gasteiger partial charge in [0.15, 0.2) is 0 Å². The van der Waals surface area contributed by atoms with Gasteiger partial charge in [-0.1, -0.05) is 41.4 Å². The predicted octanol–water partition coefficient (Wildman–Crippen LogP) is 7.49. The lowest BCUT2D eigenvalue weighted by Gasteiger charge is -2.37. The molecule has 47 heavy (non-hydrogen) atoms. The average molecular weight is 696 g/mol. The molecule has 2 aromatic carbocycles. The highest BCUT2D eigenvalue weighted by molar-refractivity contribution is 6.31. The minimum atomic E-state index is -0.561. The summed E-state index contributed by atoms with van der Waals surface area (Å²) in [5.74, 6) is 0. The highest BCUT2D eigenvalue weighted by Gasteiger charge is 2.34. The summed E-state index contributed by atoms with van der Waals surface area (Å²) in [6, 6.07) is 10.3. The van der Waals surface area contributed by atoms with E-state index in [0.29, 0.717) is 62.8 Å². The van der Waals surface area contributed by atoms with Gasteiger partial charge in [0.2, 0.25) is 0 Å². The van der Waals surface area contributed by atoms with Crippen LogP contribution < -0.4 is 0 Å². The Hall–Kier alpha value is -2.86. The van der Waals surface area contributed by atoms with Gasteiger partial charge >= 0.3 is 12.2 Å². The molecule has 2 aliphatic heterocycles. The molecule has 260 valence electrons. The number of hydrogen-bond donors (Lipinski definition) is 1. The number of morpholine rings is 2. The van der Waals surface area contributed by atoms with Crippen LogP contribution in [0, 0.1) is 0 Å². The molecule has 10 nitrogen and oxygen atoms in total. The maximum absolute atomic E-state index is 12.6. The van der Waals surface area contributed by atoms with Gasteiger partial charge in [0.05, 0.1) is 58.3 Å². The summed E-state index contributed by atoms with van der Waals surface area (Å²) >= 11 is 12.3. The van der Waals surface area contributed by atoms with E-state index in [1.54, 1.807) is 34.1 Å². The molecule has 2 aromatic rings. The van der Waals surface area contributed by atoms with Crippen LogP contribution in [0.4, 0.5) is 9.59 Å². The summed E-state index contributed by atoms with van der Waals surface area (Å²) in [6.07, 6.45) is 0.968. The first kappa shape index (κ1) is 38.6. The van der Waals surface area contributed by atoms with E-state index in [4.69, 9.17) is 46.9 Å². The van der Waals surface area contributed by atoms with Crippen LogP contribution in [0.3, 0.4) is 0 Å². The molecule has 2 amide bonds. The van der Waals surface area contributed by atoms with Crippen LogP contribution in [0.1, 0.15) is 75.9 Å². The minimum Gasteiger partial charge on any atom is -0.444 e. The van der Waals surface area contributed by atoms with E-state index in [9.17, 15) is 14.7 Å². The fourth-order valence-electron chi connectivity index (χ4n) is 5.08. The van der Waals surface area contributed by atoms with Crippen molar-refractivity contribution in [2.24, 2.45) is 0 Å². The number of halogens is 2. The van der Waals surface area contributed by atoms with Crippen molar-refractivity contribution in [2.45, 2.75) is 78.0 Å². The Morgan fingerprint density at radius 3 is 1.72 bits per heavy atom. The van der Waals surface area contributed by atoms with Crippen LogP contribution >= 0.6 is 23.2 Å². The third-order valence-corrected chi connectivity index (χ3v) is 7.58. The van der Waals surface area contributed by atoms with Gasteiger partial charge in [-0.3, -0.25) is 9.80 Å². The first-order valence-corrected chi connectivity index (χ1v) is 16.4. The van der Waals surface area contributed by atoms with Gasteiger partial charge in [0, 0.05) is 23.1 Å². The van der Waals surface area contributed by atoms with Crippen molar-refractivity contribution in [1.82, 2.24) is 9.80 Å². The zero-order valence-electron chi connectivity index (χ0n) is 28.2. The van der Waals surface area contributed by atoms with Gasteiger partial charge < -0.3 is 28.8 Å². The van der Waals surface area contributed by atoms with Crippen molar-refractivity contribution in [1.29, 1.82) is 0 Å². The Morgan fingerprint density at radius 2 is 1.30 bits per heavy atom. The largest absolute Gasteiger partial charge is 0.444 e. The van der Waals surface area contributed by atoms with E-state index >= 15 is 0 Å². The van der Waals surface area contributed by atoms with Crippen LogP contribution in [-0.4, -0.2) is 84.4 Å². The van der Waals surface area contributed by atoms with E-state index in [1.165, 1.54) is 0 Å². The Labute approximate surface area is 288 Å². The first-order valence-electron chi connectivity index (χ1n) is 15.6. The Bertz CT molecular complexity index is 1360. The number of carbonyl (C=O) groups is 2. The van der Waals surface area contributed by atoms with Crippen LogP contribution in [0.25, 0.3) is 0 Å². The second-order valence-corrected chi connectivity index (χ2v) is 14.0. The molecule has 1 N–H and O–H groups in total. The molecule has 12 heteroatoms. The lowest BCUT2D eigenvalue weighted by atomic mass is 9.99. The van der Waals surface area contributed by atoms with E-state index < -0.39 is 11.2 Å². The Balaban J connectivity index is 0.000000257. The van der Waals surface area contributed by atoms with E-state index in [-0.39, 0.29) is 30.9 Å². The van der Waals surface area contributed by atoms with Crippen LogP contribution in [0.5, 0.6) is 0 Å². The minimum absolute atomic E-state index is 0.120. The van der Waals surface area contributed by atoms with Crippen molar-refractivity contribution in [3.63, 3.8) is 0 Å². The second kappa shape index (κ2) is 17.5. The molecule has 2 saturated heterocycles. The molecule has 0 spiro atoms. The van der Waals surface area contributed by atoms with Crippen LogP contribution in [0.2, 0.25) is 10.0 Å². The molecule has 0 radical (unpaired) electrons. The predicted molar refractivity (Wildman–Crippen MR) is 182 cm³/mol. The zero-order chi connectivity index (χ0) is 34.8. The highest BCUT2D eigenvalue weighted by atomic mass is 35.5. The number of benzene rings is 2. The summed E-state index contributed by atoms with van der Waals surface area (Å²) in [5, 5.41) is 10.7. The van der Waals surface area contributed by atoms with Gasteiger partial charge in [-0.2, -0.15) is 0 Å². The molecule has 0 bridgehead atoms. The number of aliphatic hydroxyl groups is 1. The number of amides is 2. The normalized spacial score (nSPS) is 18.6. The monoisotopic (exact) mass is 694 g/mol. The van der Waals surface area contributed by atoms with Gasteiger partial charge in [0.1, 0.15) is 11.2 Å². The second-order valence-electron chi connectivity index (χ2n) is 13.2. The van der Waals surface area contributed by atoms with Gasteiger partial charge in [-0.05, 0) is 88.1 Å². The molecule has 0 aromatic heterocycles. The first-order chi connectivity index (χ1) is 22.1. The van der Waals surface area contributed by atoms with E-state index in [1.807, 2.05) is 59.7 Å². The number of aliphatic hydroxyl groups excluding tert-OH is 1. The number of rotatable bonds is 7. The van der Waals surface area contributed by atoms with Crippen molar-refractivity contribution in [3.05, 3.63) is 81.4 Å². The van der Waals surface area contributed by atoms with Crippen molar-refractivity contribution in [3.8, 4) is 0 Å². The average Bonchev–Trinajstić information content (AvgIpc) is 3.00. The molecule has 2 heterocycles. The molecule has 2 aliphatic rings. The maximum Gasteiger partial charge on any atom is 0.410 e.